The van der Waals surface area contributed by atoms with Crippen LogP contribution in [-0.2, 0) is 0 Å². The van der Waals surface area contributed by atoms with Crippen molar-refractivity contribution < 1.29 is 14.1 Å². The zero-order valence-corrected chi connectivity index (χ0v) is 16.4. The summed E-state index contributed by atoms with van der Waals surface area (Å²) in [6.45, 7) is 1.14. The van der Waals surface area contributed by atoms with E-state index in [-0.39, 0.29) is 17.5 Å². The largest absolute Gasteiger partial charge is 0.440 e. The number of nitro groups is 1. The van der Waals surface area contributed by atoms with Gasteiger partial charge in [0.2, 0.25) is 0 Å². The summed E-state index contributed by atoms with van der Waals surface area (Å²) in [6.07, 6.45) is 3.55. The van der Waals surface area contributed by atoms with Gasteiger partial charge in [0.25, 0.3) is 11.6 Å². The second-order valence-electron chi connectivity index (χ2n) is 7.99. The maximum absolute atomic E-state index is 12.9. The molecule has 154 valence electrons. The van der Waals surface area contributed by atoms with Crippen molar-refractivity contribution in [2.45, 2.75) is 37.6 Å². The van der Waals surface area contributed by atoms with Crippen molar-refractivity contribution in [3.05, 3.63) is 64.0 Å². The fourth-order valence-electron chi connectivity index (χ4n) is 3.96. The third kappa shape index (κ3) is 3.60. The minimum atomic E-state index is -0.430. The van der Waals surface area contributed by atoms with Crippen LogP contribution in [0.3, 0.4) is 0 Å². The Hall–Kier alpha value is -3.42. The normalized spacial score (nSPS) is 17.3. The number of piperidine rings is 1. The van der Waals surface area contributed by atoms with Crippen molar-refractivity contribution in [3.8, 4) is 0 Å². The van der Waals surface area contributed by atoms with Crippen LogP contribution in [0.2, 0.25) is 0 Å². The molecule has 8 heteroatoms. The number of aromatic nitrogens is 1. The zero-order valence-electron chi connectivity index (χ0n) is 16.4. The minimum Gasteiger partial charge on any atom is -0.440 e. The molecule has 30 heavy (non-hydrogen) atoms. The molecule has 1 amide bonds. The predicted molar refractivity (Wildman–Crippen MR) is 112 cm³/mol. The van der Waals surface area contributed by atoms with Crippen molar-refractivity contribution >= 4 is 28.4 Å². The molecule has 1 aliphatic carbocycles. The van der Waals surface area contributed by atoms with Gasteiger partial charge >= 0.3 is 0 Å². The lowest BCUT2D eigenvalue weighted by molar-refractivity contribution is -0.384. The molecule has 0 unspecified atom stereocenters. The quantitative estimate of drug-likeness (QED) is 0.500. The number of rotatable bonds is 5. The van der Waals surface area contributed by atoms with E-state index in [2.05, 4.69) is 10.3 Å². The highest BCUT2D eigenvalue weighted by molar-refractivity contribution is 5.95. The van der Waals surface area contributed by atoms with Crippen molar-refractivity contribution in [2.24, 2.45) is 0 Å². The number of nitrogens with zero attached hydrogens (tertiary/aromatic N) is 3. The number of likely N-dealkylation sites (tertiary alicyclic amines) is 1. The molecule has 8 nitrogen and oxygen atoms in total. The number of nitrogens with one attached hydrogen (secondary N) is 1. The van der Waals surface area contributed by atoms with Gasteiger partial charge in [-0.2, -0.15) is 0 Å². The SMILES string of the molecule is O=C(c1ccc(NC2CC2)c([N+](=O)[O-])c1)N1CCC(c2nc3ccccc3o2)CC1. The van der Waals surface area contributed by atoms with Gasteiger partial charge in [0.1, 0.15) is 11.2 Å². The molecule has 5 rings (SSSR count). The fraction of sp³-hybridized carbons (Fsp3) is 0.364. The standard InChI is InChI=1S/C22H22N4O4/c27-22(15-5-8-17(23-16-6-7-16)19(13-15)26(28)29)25-11-9-14(10-12-25)21-24-18-3-1-2-4-20(18)30-21/h1-5,8,13-14,16,23H,6-7,9-12H2. The van der Waals surface area contributed by atoms with Gasteiger partial charge in [-0.05, 0) is 49.9 Å². The summed E-state index contributed by atoms with van der Waals surface area (Å²) in [4.78, 5) is 30.3. The van der Waals surface area contributed by atoms with Crippen molar-refractivity contribution in [2.75, 3.05) is 18.4 Å². The van der Waals surface area contributed by atoms with Crippen LogP contribution in [0.25, 0.3) is 11.1 Å². The molecule has 2 fully saturated rings. The van der Waals surface area contributed by atoms with E-state index in [4.69, 9.17) is 4.42 Å². The molecule has 0 atom stereocenters. The number of carbonyl (C=O) groups is 1. The van der Waals surface area contributed by atoms with Crippen LogP contribution >= 0.6 is 0 Å². The van der Waals surface area contributed by atoms with E-state index < -0.39 is 4.92 Å². The van der Waals surface area contributed by atoms with Gasteiger partial charge in [-0.3, -0.25) is 14.9 Å². The van der Waals surface area contributed by atoms with Crippen LogP contribution in [-0.4, -0.2) is 39.8 Å². The predicted octanol–water partition coefficient (Wildman–Crippen LogP) is 4.33. The van der Waals surface area contributed by atoms with Gasteiger partial charge in [-0.1, -0.05) is 12.1 Å². The van der Waals surface area contributed by atoms with Gasteiger partial charge in [-0.15, -0.1) is 0 Å². The molecule has 1 saturated carbocycles. The number of hydrogen-bond acceptors (Lipinski definition) is 6. The first-order chi connectivity index (χ1) is 14.6. The number of carbonyl (C=O) groups excluding carboxylic acids is 1. The second kappa shape index (κ2) is 7.44. The van der Waals surface area contributed by atoms with E-state index in [1.165, 1.54) is 6.07 Å². The summed E-state index contributed by atoms with van der Waals surface area (Å²) < 4.78 is 5.88. The van der Waals surface area contributed by atoms with E-state index in [1.54, 1.807) is 17.0 Å². The molecule has 0 spiro atoms. The van der Waals surface area contributed by atoms with Gasteiger partial charge in [-0.25, -0.2) is 4.98 Å². The molecule has 1 N–H and O–H groups in total. The molecule has 2 heterocycles. The summed E-state index contributed by atoms with van der Waals surface area (Å²) in [5, 5.41) is 14.6. The summed E-state index contributed by atoms with van der Waals surface area (Å²) in [6, 6.07) is 12.7. The maximum atomic E-state index is 12.9. The Kier molecular flexibility index (Phi) is 4.61. The summed E-state index contributed by atoms with van der Waals surface area (Å²) in [7, 11) is 0. The molecule has 2 aliphatic rings. The Bertz CT molecular complexity index is 1080. The van der Waals surface area contributed by atoms with Gasteiger partial charge in [0, 0.05) is 36.7 Å². The fourth-order valence-corrected chi connectivity index (χ4v) is 3.96. The second-order valence-corrected chi connectivity index (χ2v) is 7.99. The highest BCUT2D eigenvalue weighted by atomic mass is 16.6. The lowest BCUT2D eigenvalue weighted by atomic mass is 9.96. The highest BCUT2D eigenvalue weighted by Gasteiger charge is 2.29. The van der Waals surface area contributed by atoms with Crippen LogP contribution in [0.15, 0.2) is 46.9 Å². The first kappa shape index (κ1) is 18.6. The summed E-state index contributed by atoms with van der Waals surface area (Å²) in [5.41, 5.74) is 2.41. The number of para-hydroxylation sites is 2. The number of fused-ring (bicyclic) bond motifs is 1. The third-order valence-electron chi connectivity index (χ3n) is 5.82. The Morgan fingerprint density at radius 1 is 1.13 bits per heavy atom. The first-order valence-corrected chi connectivity index (χ1v) is 10.3. The first-order valence-electron chi connectivity index (χ1n) is 10.3. The third-order valence-corrected chi connectivity index (χ3v) is 5.82. The molecule has 1 saturated heterocycles. The molecule has 1 aliphatic heterocycles. The Labute approximate surface area is 173 Å². The number of nitro benzene ring substituents is 1. The van der Waals surface area contributed by atoms with Crippen LogP contribution in [0, 0.1) is 10.1 Å². The molecule has 3 aromatic rings. The van der Waals surface area contributed by atoms with Crippen molar-refractivity contribution in [3.63, 3.8) is 0 Å². The van der Waals surface area contributed by atoms with E-state index in [0.717, 1.165) is 42.7 Å². The Balaban J connectivity index is 1.28. The minimum absolute atomic E-state index is 0.0471. The van der Waals surface area contributed by atoms with E-state index >= 15 is 0 Å². The summed E-state index contributed by atoms with van der Waals surface area (Å²) >= 11 is 0. The van der Waals surface area contributed by atoms with Gasteiger partial charge < -0.3 is 14.6 Å². The lowest BCUT2D eigenvalue weighted by Crippen LogP contribution is -2.38. The zero-order chi connectivity index (χ0) is 20.7. The lowest BCUT2D eigenvalue weighted by Gasteiger charge is -2.30. The number of benzene rings is 2. The van der Waals surface area contributed by atoms with E-state index in [1.807, 2.05) is 24.3 Å². The number of anilines is 1. The van der Waals surface area contributed by atoms with Crippen LogP contribution in [0.1, 0.15) is 47.8 Å². The molecule has 1 aromatic heterocycles. The van der Waals surface area contributed by atoms with Crippen molar-refractivity contribution in [1.82, 2.24) is 9.88 Å². The number of amides is 1. The van der Waals surface area contributed by atoms with E-state index in [0.29, 0.717) is 30.4 Å². The van der Waals surface area contributed by atoms with Crippen LogP contribution in [0.5, 0.6) is 0 Å². The van der Waals surface area contributed by atoms with Crippen LogP contribution < -0.4 is 5.32 Å². The molecular weight excluding hydrogens is 384 g/mol. The molecule has 2 aromatic carbocycles. The van der Waals surface area contributed by atoms with Gasteiger partial charge in [0.05, 0.1) is 4.92 Å². The maximum Gasteiger partial charge on any atom is 0.293 e. The topological polar surface area (TPSA) is 102 Å². The average Bonchev–Trinajstić information content (AvgIpc) is 3.47. The van der Waals surface area contributed by atoms with Gasteiger partial charge in [0.15, 0.2) is 11.5 Å². The van der Waals surface area contributed by atoms with Crippen molar-refractivity contribution in [1.29, 1.82) is 0 Å². The average molecular weight is 406 g/mol. The highest BCUT2D eigenvalue weighted by Crippen LogP contribution is 2.33. The van der Waals surface area contributed by atoms with E-state index in [9.17, 15) is 14.9 Å². The molecule has 0 radical (unpaired) electrons. The monoisotopic (exact) mass is 406 g/mol. The number of oxazole rings is 1. The number of hydrogen-bond donors (Lipinski definition) is 1. The summed E-state index contributed by atoms with van der Waals surface area (Å²) in [5.74, 6) is 0.711. The smallest absolute Gasteiger partial charge is 0.293 e. The molecular formula is C22H22N4O4. The Morgan fingerprint density at radius 3 is 2.60 bits per heavy atom. The molecule has 0 bridgehead atoms. The Morgan fingerprint density at radius 2 is 1.90 bits per heavy atom. The van der Waals surface area contributed by atoms with Crippen LogP contribution in [0.4, 0.5) is 11.4 Å².